The van der Waals surface area contributed by atoms with Crippen molar-refractivity contribution in [3.05, 3.63) is 43.8 Å². The lowest BCUT2D eigenvalue weighted by atomic mass is 10.2. The molecule has 0 spiro atoms. The van der Waals surface area contributed by atoms with Crippen LogP contribution in [0.5, 0.6) is 0 Å². The molecule has 2 N–H and O–H groups in total. The molecule has 14 heteroatoms. The van der Waals surface area contributed by atoms with Crippen molar-refractivity contribution < 1.29 is 22.8 Å². The molecular weight excluding hydrogens is 541 g/mol. The summed E-state index contributed by atoms with van der Waals surface area (Å²) in [6.45, 7) is 2.19. The predicted molar refractivity (Wildman–Crippen MR) is 143 cm³/mol. The Kier molecular flexibility index (Phi) is 10.0. The molecule has 38 heavy (non-hydrogen) atoms. The average molecular weight is 569 g/mol. The van der Waals surface area contributed by atoms with Crippen LogP contribution in [0.3, 0.4) is 0 Å². The van der Waals surface area contributed by atoms with Gasteiger partial charge in [0.05, 0.1) is 6.54 Å². The number of rotatable bonds is 8. The number of halogens is 3. The first-order chi connectivity index (χ1) is 18.0. The molecule has 204 valence electrons. The largest absolute Gasteiger partial charge is 0.405 e. The third-order valence-corrected chi connectivity index (χ3v) is 7.74. The van der Waals surface area contributed by atoms with Gasteiger partial charge in [0.25, 0.3) is 11.5 Å². The molecule has 0 radical (unpaired) electrons. The van der Waals surface area contributed by atoms with Gasteiger partial charge in [-0.05, 0) is 25.1 Å². The van der Waals surface area contributed by atoms with Gasteiger partial charge in [-0.3, -0.25) is 23.9 Å². The number of hydrogen-bond donors (Lipinski definition) is 2. The summed E-state index contributed by atoms with van der Waals surface area (Å²) in [4.78, 5) is 41.5. The van der Waals surface area contributed by atoms with E-state index in [1.54, 1.807) is 54.5 Å². The number of carbonyl (C=O) groups excluding carboxylic acids is 2. The molecule has 0 saturated carbocycles. The Morgan fingerprint density at radius 2 is 1.97 bits per heavy atom. The standard InChI is InChI=1S/C24H27F3N6O3S2/c1-3-33-22(36)19(38-23(33)18(12-28)21(35)30-15-24(25,26)27)13-29-16-5-4-6-17(11-16)31(2)20(34)14-32-7-9-37-10-8-32/h4-6,11,13,29H,3,7-10,14-15H2,1-2H3,(H,30,35). The van der Waals surface area contributed by atoms with E-state index in [0.29, 0.717) is 17.9 Å². The van der Waals surface area contributed by atoms with E-state index in [9.17, 15) is 32.8 Å². The molecule has 0 atom stereocenters. The Hall–Kier alpha value is -3.28. The lowest BCUT2D eigenvalue weighted by Gasteiger charge is -2.27. The normalized spacial score (nSPS) is 15.5. The summed E-state index contributed by atoms with van der Waals surface area (Å²) in [7, 11) is 1.69. The first-order valence-corrected chi connectivity index (χ1v) is 13.6. The van der Waals surface area contributed by atoms with Crippen molar-refractivity contribution in [2.45, 2.75) is 19.6 Å². The zero-order chi connectivity index (χ0) is 27.9. The molecule has 0 aliphatic carbocycles. The van der Waals surface area contributed by atoms with Crippen molar-refractivity contribution in [1.29, 1.82) is 5.26 Å². The van der Waals surface area contributed by atoms with Gasteiger partial charge in [0.15, 0.2) is 5.57 Å². The van der Waals surface area contributed by atoms with Crippen molar-refractivity contribution in [2.24, 2.45) is 0 Å². The second-order valence-electron chi connectivity index (χ2n) is 8.29. The highest BCUT2D eigenvalue weighted by Gasteiger charge is 2.29. The molecule has 0 unspecified atom stereocenters. The molecule has 2 amide bonds. The number of anilines is 2. The molecule has 1 aliphatic rings. The van der Waals surface area contributed by atoms with Crippen LogP contribution >= 0.6 is 23.1 Å². The highest BCUT2D eigenvalue weighted by atomic mass is 32.2. The van der Waals surface area contributed by atoms with E-state index in [1.807, 2.05) is 11.8 Å². The van der Waals surface area contributed by atoms with E-state index in [4.69, 9.17) is 0 Å². The Morgan fingerprint density at radius 3 is 2.61 bits per heavy atom. The zero-order valence-electron chi connectivity index (χ0n) is 20.8. The van der Waals surface area contributed by atoms with E-state index in [2.05, 4.69) is 10.2 Å². The van der Waals surface area contributed by atoms with Crippen LogP contribution < -0.4 is 30.3 Å². The van der Waals surface area contributed by atoms with Gasteiger partial charge in [-0.15, -0.1) is 11.3 Å². The van der Waals surface area contributed by atoms with E-state index >= 15 is 0 Å². The summed E-state index contributed by atoms with van der Waals surface area (Å²) in [6, 6.07) is 8.64. The average Bonchev–Trinajstić information content (AvgIpc) is 3.21. The number of nitrogens with one attached hydrogen (secondary N) is 2. The minimum absolute atomic E-state index is 0.0390. The number of likely N-dealkylation sites (N-methyl/N-ethyl adjacent to an activating group) is 1. The van der Waals surface area contributed by atoms with Gasteiger partial charge < -0.3 is 15.5 Å². The SMILES string of the molecule is CCn1c(=C(C#N)C(=O)NCC(F)(F)F)sc(=CNc2cccc(N(C)C(=O)CN3CCSCC3)c2)c1=O. The summed E-state index contributed by atoms with van der Waals surface area (Å²) in [6.07, 6.45) is -3.24. The van der Waals surface area contributed by atoms with E-state index in [1.165, 1.54) is 6.20 Å². The summed E-state index contributed by atoms with van der Waals surface area (Å²) < 4.78 is 38.7. The molecule has 1 aromatic carbocycles. The number of alkyl halides is 3. The number of nitriles is 1. The van der Waals surface area contributed by atoms with Gasteiger partial charge in [-0.1, -0.05) is 6.07 Å². The van der Waals surface area contributed by atoms with Gasteiger partial charge in [-0.2, -0.15) is 30.2 Å². The molecule has 1 saturated heterocycles. The molecule has 1 aromatic heterocycles. The van der Waals surface area contributed by atoms with Crippen LogP contribution in [-0.2, 0) is 16.1 Å². The highest BCUT2D eigenvalue weighted by Crippen LogP contribution is 2.19. The molecule has 1 aliphatic heterocycles. The molecule has 2 aromatic rings. The van der Waals surface area contributed by atoms with Crippen molar-refractivity contribution >= 4 is 58.1 Å². The third-order valence-electron chi connectivity index (χ3n) is 5.67. The smallest absolute Gasteiger partial charge is 0.360 e. The summed E-state index contributed by atoms with van der Waals surface area (Å²) in [5.41, 5.74) is 0.159. The van der Waals surface area contributed by atoms with Crippen molar-refractivity contribution in [2.75, 3.05) is 54.9 Å². The van der Waals surface area contributed by atoms with E-state index in [0.717, 1.165) is 40.5 Å². The molecule has 3 rings (SSSR count). The number of amides is 2. The van der Waals surface area contributed by atoms with Crippen molar-refractivity contribution in [1.82, 2.24) is 14.8 Å². The second kappa shape index (κ2) is 13.0. The lowest BCUT2D eigenvalue weighted by Crippen LogP contribution is -2.42. The highest BCUT2D eigenvalue weighted by molar-refractivity contribution is 7.99. The number of benzene rings is 1. The number of aromatic nitrogens is 1. The zero-order valence-corrected chi connectivity index (χ0v) is 22.4. The van der Waals surface area contributed by atoms with E-state index < -0.39 is 29.8 Å². The Morgan fingerprint density at radius 1 is 1.26 bits per heavy atom. The topological polar surface area (TPSA) is 110 Å². The maximum Gasteiger partial charge on any atom is 0.405 e. The van der Waals surface area contributed by atoms with Gasteiger partial charge in [0.2, 0.25) is 5.91 Å². The first-order valence-electron chi connectivity index (χ1n) is 11.7. The predicted octanol–water partition coefficient (Wildman–Crippen LogP) is 1.14. The fourth-order valence-corrected chi connectivity index (χ4v) is 5.68. The van der Waals surface area contributed by atoms with Crippen LogP contribution in [0.25, 0.3) is 11.8 Å². The van der Waals surface area contributed by atoms with Crippen LogP contribution in [-0.4, -0.2) is 72.2 Å². The Bertz CT molecular complexity index is 1390. The minimum atomic E-state index is -4.64. The molecule has 2 heterocycles. The number of hydrogen-bond acceptors (Lipinski definition) is 8. The fraction of sp³-hybridized carbons (Fsp3) is 0.417. The molecule has 0 bridgehead atoms. The van der Waals surface area contributed by atoms with Crippen LogP contribution in [0.15, 0.2) is 29.1 Å². The number of thioether (sulfide) groups is 1. The fourth-order valence-electron chi connectivity index (χ4n) is 3.61. The monoisotopic (exact) mass is 568 g/mol. The van der Waals surface area contributed by atoms with Gasteiger partial charge in [0.1, 0.15) is 21.8 Å². The van der Waals surface area contributed by atoms with Crippen LogP contribution in [0.2, 0.25) is 0 Å². The molecular formula is C24H27F3N6O3S2. The van der Waals surface area contributed by atoms with Gasteiger partial charge in [0, 0.05) is 55.8 Å². The van der Waals surface area contributed by atoms with Crippen LogP contribution in [0.4, 0.5) is 24.5 Å². The summed E-state index contributed by atoms with van der Waals surface area (Å²) in [5.74, 6) is 0.747. The molecule has 1 fully saturated rings. The summed E-state index contributed by atoms with van der Waals surface area (Å²) in [5, 5.41) is 14.1. The number of carbonyl (C=O) groups is 2. The maximum atomic E-state index is 12.9. The Balaban J connectivity index is 1.84. The number of thiazole rings is 1. The van der Waals surface area contributed by atoms with Crippen molar-refractivity contribution in [3.8, 4) is 6.07 Å². The van der Waals surface area contributed by atoms with Gasteiger partial charge >= 0.3 is 6.18 Å². The Labute approximate surface area is 225 Å². The van der Waals surface area contributed by atoms with E-state index in [-0.39, 0.29) is 21.6 Å². The van der Waals surface area contributed by atoms with Crippen molar-refractivity contribution in [3.63, 3.8) is 0 Å². The first kappa shape index (κ1) is 29.3. The maximum absolute atomic E-state index is 12.9. The van der Waals surface area contributed by atoms with Gasteiger partial charge in [-0.25, -0.2) is 0 Å². The third kappa shape index (κ3) is 7.62. The minimum Gasteiger partial charge on any atom is -0.360 e. The quantitative estimate of drug-likeness (QED) is 0.492. The van der Waals surface area contributed by atoms with Crippen LogP contribution in [0.1, 0.15) is 6.92 Å². The summed E-state index contributed by atoms with van der Waals surface area (Å²) >= 11 is 2.69. The van der Waals surface area contributed by atoms with Crippen LogP contribution in [0, 0.1) is 11.3 Å². The lowest BCUT2D eigenvalue weighted by molar-refractivity contribution is -0.135. The number of nitrogens with zero attached hydrogens (tertiary/aromatic N) is 4. The molecule has 9 nitrogen and oxygen atoms in total. The second-order valence-corrected chi connectivity index (χ2v) is 10.5.